The maximum absolute atomic E-state index is 14.4. The van der Waals surface area contributed by atoms with E-state index in [4.69, 9.17) is 14.2 Å². The van der Waals surface area contributed by atoms with Crippen molar-refractivity contribution in [2.24, 2.45) is 0 Å². The topological polar surface area (TPSA) is 94.2 Å². The second-order valence-electron chi connectivity index (χ2n) is 7.31. The first-order valence-corrected chi connectivity index (χ1v) is 11.6. The van der Waals surface area contributed by atoms with Crippen LogP contribution in [0.25, 0.3) is 0 Å². The molecule has 0 spiro atoms. The van der Waals surface area contributed by atoms with E-state index in [0.717, 1.165) is 31.4 Å². The summed E-state index contributed by atoms with van der Waals surface area (Å²) in [6, 6.07) is 6.66. The number of amides is 1. The molecule has 1 fully saturated rings. The lowest BCUT2D eigenvalue weighted by Gasteiger charge is -2.26. The van der Waals surface area contributed by atoms with E-state index in [0.29, 0.717) is 35.9 Å². The highest BCUT2D eigenvalue weighted by Gasteiger charge is 2.29. The normalized spacial score (nSPS) is 14.6. The van der Waals surface area contributed by atoms with Crippen molar-refractivity contribution < 1.29 is 31.8 Å². The molecule has 0 unspecified atom stereocenters. The fourth-order valence-electron chi connectivity index (χ4n) is 3.59. The van der Waals surface area contributed by atoms with E-state index < -0.39 is 26.6 Å². The highest BCUT2D eigenvalue weighted by atomic mass is 32.2. The van der Waals surface area contributed by atoms with Crippen LogP contribution in [0.4, 0.5) is 4.39 Å². The van der Waals surface area contributed by atoms with Gasteiger partial charge in [0.05, 0.1) is 21.3 Å². The van der Waals surface area contributed by atoms with E-state index in [1.165, 1.54) is 31.7 Å². The number of nitrogens with one attached hydrogen (secondary N) is 1. The Bertz CT molecular complexity index is 1080. The summed E-state index contributed by atoms with van der Waals surface area (Å²) in [6.07, 6.45) is 2.40. The van der Waals surface area contributed by atoms with Gasteiger partial charge in [-0.2, -0.15) is 4.31 Å². The third-order valence-electron chi connectivity index (χ3n) is 5.35. The van der Waals surface area contributed by atoms with Crippen molar-refractivity contribution in [2.45, 2.75) is 30.7 Å². The molecule has 0 bridgehead atoms. The number of hydrogen-bond acceptors (Lipinski definition) is 6. The van der Waals surface area contributed by atoms with Crippen molar-refractivity contribution >= 4 is 15.9 Å². The van der Waals surface area contributed by atoms with Crippen molar-refractivity contribution in [3.8, 4) is 17.2 Å². The molecule has 2 aromatic carbocycles. The first kappa shape index (κ1) is 23.8. The second-order valence-corrected chi connectivity index (χ2v) is 9.22. The lowest BCUT2D eigenvalue weighted by atomic mass is 10.1. The van der Waals surface area contributed by atoms with Gasteiger partial charge in [-0.05, 0) is 37.1 Å². The summed E-state index contributed by atoms with van der Waals surface area (Å²) in [5, 5.41) is 2.71. The van der Waals surface area contributed by atoms with Crippen molar-refractivity contribution in [3.05, 3.63) is 47.3 Å². The number of rotatable bonds is 8. The summed E-state index contributed by atoms with van der Waals surface area (Å²) in [5.41, 5.74) is 0.670. The largest absolute Gasteiger partial charge is 0.496 e. The van der Waals surface area contributed by atoms with Gasteiger partial charge in [-0.3, -0.25) is 4.79 Å². The average molecular weight is 467 g/mol. The molecule has 1 aliphatic heterocycles. The van der Waals surface area contributed by atoms with E-state index in [2.05, 4.69) is 5.32 Å². The third kappa shape index (κ3) is 4.97. The zero-order chi connectivity index (χ0) is 23.3. The van der Waals surface area contributed by atoms with E-state index in [1.54, 1.807) is 12.1 Å². The van der Waals surface area contributed by atoms with Gasteiger partial charge in [0.1, 0.15) is 16.5 Å². The first-order valence-electron chi connectivity index (χ1n) is 10.2. The SMILES string of the molecule is COc1cc(OC)c(OC)cc1CNC(=O)c1ccc(F)c(S(=O)(=O)N2CCCCC2)c1. The van der Waals surface area contributed by atoms with Crippen molar-refractivity contribution in [3.63, 3.8) is 0 Å². The van der Waals surface area contributed by atoms with Gasteiger partial charge in [-0.15, -0.1) is 0 Å². The lowest BCUT2D eigenvalue weighted by Crippen LogP contribution is -2.36. The number of halogens is 1. The van der Waals surface area contributed by atoms with Crippen LogP contribution in [-0.2, 0) is 16.6 Å². The maximum Gasteiger partial charge on any atom is 0.251 e. The number of piperidine rings is 1. The number of ether oxygens (including phenoxy) is 3. The molecule has 0 atom stereocenters. The zero-order valence-electron chi connectivity index (χ0n) is 18.3. The molecular formula is C22H27FN2O6S. The monoisotopic (exact) mass is 466 g/mol. The number of carbonyl (C=O) groups excluding carboxylic acids is 1. The minimum atomic E-state index is -4.02. The Labute approximate surface area is 187 Å². The number of sulfonamides is 1. The predicted molar refractivity (Wildman–Crippen MR) is 116 cm³/mol. The van der Waals surface area contributed by atoms with Crippen LogP contribution < -0.4 is 19.5 Å². The molecule has 32 heavy (non-hydrogen) atoms. The van der Waals surface area contributed by atoms with E-state index >= 15 is 0 Å². The highest BCUT2D eigenvalue weighted by Crippen LogP contribution is 2.34. The fraction of sp³-hybridized carbons (Fsp3) is 0.409. The molecule has 3 rings (SSSR count). The minimum Gasteiger partial charge on any atom is -0.496 e. The molecule has 0 aliphatic carbocycles. The van der Waals surface area contributed by atoms with Crippen LogP contribution in [-0.4, -0.2) is 53.0 Å². The summed E-state index contributed by atoms with van der Waals surface area (Å²) < 4.78 is 57.3. The van der Waals surface area contributed by atoms with Crippen LogP contribution in [0, 0.1) is 5.82 Å². The van der Waals surface area contributed by atoms with Crippen LogP contribution >= 0.6 is 0 Å². The van der Waals surface area contributed by atoms with E-state index in [1.807, 2.05) is 0 Å². The molecule has 10 heteroatoms. The van der Waals surface area contributed by atoms with E-state index in [-0.39, 0.29) is 12.1 Å². The zero-order valence-corrected chi connectivity index (χ0v) is 19.1. The number of benzene rings is 2. The maximum atomic E-state index is 14.4. The quantitative estimate of drug-likeness (QED) is 0.643. The molecule has 1 amide bonds. The molecule has 1 aliphatic rings. The van der Waals surface area contributed by atoms with Crippen molar-refractivity contribution in [2.75, 3.05) is 34.4 Å². The van der Waals surface area contributed by atoms with Gasteiger partial charge in [-0.25, -0.2) is 12.8 Å². The molecule has 174 valence electrons. The van der Waals surface area contributed by atoms with Gasteiger partial charge in [0, 0.05) is 36.8 Å². The number of hydrogen-bond donors (Lipinski definition) is 1. The minimum absolute atomic E-state index is 0.0430. The second kappa shape index (κ2) is 10.2. The van der Waals surface area contributed by atoms with Gasteiger partial charge in [0.15, 0.2) is 11.5 Å². The van der Waals surface area contributed by atoms with Crippen LogP contribution in [0.2, 0.25) is 0 Å². The van der Waals surface area contributed by atoms with Gasteiger partial charge in [0.2, 0.25) is 10.0 Å². The Morgan fingerprint density at radius 3 is 2.22 bits per heavy atom. The molecule has 1 saturated heterocycles. The Balaban J connectivity index is 1.81. The van der Waals surface area contributed by atoms with Crippen LogP contribution in [0.15, 0.2) is 35.2 Å². The molecule has 0 saturated carbocycles. The highest BCUT2D eigenvalue weighted by molar-refractivity contribution is 7.89. The smallest absolute Gasteiger partial charge is 0.251 e. The Hall–Kier alpha value is -2.85. The Kier molecular flexibility index (Phi) is 7.57. The van der Waals surface area contributed by atoms with Crippen molar-refractivity contribution in [1.82, 2.24) is 9.62 Å². The lowest BCUT2D eigenvalue weighted by molar-refractivity contribution is 0.0950. The molecule has 8 nitrogen and oxygen atoms in total. The van der Waals surface area contributed by atoms with E-state index in [9.17, 15) is 17.6 Å². The fourth-order valence-corrected chi connectivity index (χ4v) is 5.20. The summed E-state index contributed by atoms with van der Waals surface area (Å²) in [5.74, 6) is 0.000742. The molecule has 1 N–H and O–H groups in total. The molecule has 0 aromatic heterocycles. The molecule has 0 radical (unpaired) electrons. The van der Waals surface area contributed by atoms with Crippen LogP contribution in [0.5, 0.6) is 17.2 Å². The predicted octanol–water partition coefficient (Wildman–Crippen LogP) is 2.96. The van der Waals surface area contributed by atoms with Gasteiger partial charge in [0.25, 0.3) is 5.91 Å². The molecule has 1 heterocycles. The van der Waals surface area contributed by atoms with Crippen molar-refractivity contribution in [1.29, 1.82) is 0 Å². The summed E-state index contributed by atoms with van der Waals surface area (Å²) >= 11 is 0. The Morgan fingerprint density at radius 2 is 1.59 bits per heavy atom. The third-order valence-corrected chi connectivity index (χ3v) is 7.27. The number of carbonyl (C=O) groups is 1. The van der Waals surface area contributed by atoms with Gasteiger partial charge < -0.3 is 19.5 Å². The Morgan fingerprint density at radius 1 is 0.969 bits per heavy atom. The number of methoxy groups -OCH3 is 3. The standard InChI is InChI=1S/C22H27FN2O6S/c1-29-18-13-20(31-3)19(30-2)11-16(18)14-24-22(26)15-7-8-17(23)21(12-15)32(27,28)25-9-5-4-6-10-25/h7-8,11-13H,4-6,9-10,14H2,1-3H3,(H,24,26). The van der Waals surface area contributed by atoms with Gasteiger partial charge >= 0.3 is 0 Å². The summed E-state index contributed by atoms with van der Waals surface area (Å²) in [4.78, 5) is 12.2. The first-order chi connectivity index (χ1) is 15.3. The number of nitrogens with zero attached hydrogens (tertiary/aromatic N) is 1. The van der Waals surface area contributed by atoms with Crippen LogP contribution in [0.1, 0.15) is 35.2 Å². The molecule has 2 aromatic rings. The van der Waals surface area contributed by atoms with Crippen LogP contribution in [0.3, 0.4) is 0 Å². The molecular weight excluding hydrogens is 439 g/mol. The van der Waals surface area contributed by atoms with Gasteiger partial charge in [-0.1, -0.05) is 6.42 Å². The summed E-state index contributed by atoms with van der Waals surface area (Å²) in [7, 11) is 0.473. The summed E-state index contributed by atoms with van der Waals surface area (Å²) in [6.45, 7) is 0.766. The average Bonchev–Trinajstić information content (AvgIpc) is 2.82.